The van der Waals surface area contributed by atoms with Gasteiger partial charge in [0.15, 0.2) is 0 Å². The van der Waals surface area contributed by atoms with Gasteiger partial charge in [0.05, 0.1) is 24.1 Å². The van der Waals surface area contributed by atoms with Crippen LogP contribution in [0.1, 0.15) is 24.3 Å². The molecule has 0 amide bonds. The summed E-state index contributed by atoms with van der Waals surface area (Å²) >= 11 is 0. The minimum absolute atomic E-state index is 0.705. The van der Waals surface area contributed by atoms with E-state index in [0.717, 1.165) is 41.3 Å². The molecule has 0 saturated heterocycles. The number of hydrogen-bond acceptors (Lipinski definition) is 3. The summed E-state index contributed by atoms with van der Waals surface area (Å²) < 4.78 is 5.64. The molecule has 0 spiro atoms. The largest absolute Gasteiger partial charge is 0.465 e. The second-order valence-electron chi connectivity index (χ2n) is 4.53. The van der Waals surface area contributed by atoms with Gasteiger partial charge in [-0.15, -0.1) is 0 Å². The van der Waals surface area contributed by atoms with Gasteiger partial charge < -0.3 is 14.7 Å². The Bertz CT molecular complexity index is 636. The van der Waals surface area contributed by atoms with E-state index in [2.05, 4.69) is 22.2 Å². The van der Waals surface area contributed by atoms with Gasteiger partial charge in [0.1, 0.15) is 17.3 Å². The summed E-state index contributed by atoms with van der Waals surface area (Å²) in [6, 6.07) is 12.1. The Morgan fingerprint density at radius 1 is 1.11 bits per heavy atom. The summed E-state index contributed by atoms with van der Waals surface area (Å²) in [7, 11) is 0. The molecule has 2 heterocycles. The van der Waals surface area contributed by atoms with Crippen LogP contribution < -0.4 is 5.32 Å². The van der Waals surface area contributed by atoms with Gasteiger partial charge in [0.25, 0.3) is 0 Å². The Balaban J connectivity index is 1.59. The third-order valence-corrected chi connectivity index (χ3v) is 3.10. The highest BCUT2D eigenvalue weighted by Gasteiger charge is 2.03. The number of furan rings is 1. The van der Waals surface area contributed by atoms with E-state index in [-0.39, 0.29) is 0 Å². The normalized spacial score (nSPS) is 11.2. The molecule has 4 heteroatoms. The first-order valence-electron chi connectivity index (χ1n) is 6.57. The Kier molecular flexibility index (Phi) is 3.33. The van der Waals surface area contributed by atoms with Crippen LogP contribution in [0, 0.1) is 0 Å². The van der Waals surface area contributed by atoms with Gasteiger partial charge >= 0.3 is 0 Å². The monoisotopic (exact) mass is 255 g/mol. The summed E-state index contributed by atoms with van der Waals surface area (Å²) in [5, 5.41) is 3.33. The SMILES string of the molecule is CCc1ccc(CNCc2nc3ccccc3[nH]2)o1. The van der Waals surface area contributed by atoms with Crippen molar-refractivity contribution in [1.82, 2.24) is 15.3 Å². The zero-order valence-electron chi connectivity index (χ0n) is 10.9. The summed E-state index contributed by atoms with van der Waals surface area (Å²) in [4.78, 5) is 7.81. The highest BCUT2D eigenvalue weighted by molar-refractivity contribution is 5.74. The van der Waals surface area contributed by atoms with Gasteiger partial charge in [-0.05, 0) is 24.3 Å². The van der Waals surface area contributed by atoms with Crippen molar-refractivity contribution in [3.8, 4) is 0 Å². The first-order valence-corrected chi connectivity index (χ1v) is 6.57. The van der Waals surface area contributed by atoms with E-state index in [4.69, 9.17) is 4.42 Å². The van der Waals surface area contributed by atoms with Gasteiger partial charge in [0, 0.05) is 6.42 Å². The van der Waals surface area contributed by atoms with Crippen molar-refractivity contribution in [1.29, 1.82) is 0 Å². The third kappa shape index (κ3) is 2.69. The van der Waals surface area contributed by atoms with Gasteiger partial charge in [-0.3, -0.25) is 0 Å². The topological polar surface area (TPSA) is 53.9 Å². The van der Waals surface area contributed by atoms with Crippen LogP contribution in [0.4, 0.5) is 0 Å². The summed E-state index contributed by atoms with van der Waals surface area (Å²) in [6.45, 7) is 3.51. The van der Waals surface area contributed by atoms with E-state index in [1.807, 2.05) is 36.4 Å². The standard InChI is InChI=1S/C15H17N3O/c1-2-11-7-8-12(19-11)9-16-10-15-17-13-5-3-4-6-14(13)18-15/h3-8,16H,2,9-10H2,1H3,(H,17,18). The Hall–Kier alpha value is -2.07. The van der Waals surface area contributed by atoms with E-state index < -0.39 is 0 Å². The molecule has 0 aliphatic heterocycles. The Morgan fingerprint density at radius 3 is 2.74 bits per heavy atom. The van der Waals surface area contributed by atoms with Gasteiger partial charge in [-0.1, -0.05) is 19.1 Å². The molecule has 3 rings (SSSR count). The number of aromatic amines is 1. The van der Waals surface area contributed by atoms with Crippen molar-refractivity contribution in [3.05, 3.63) is 53.7 Å². The molecular formula is C15H17N3O. The van der Waals surface area contributed by atoms with Crippen LogP contribution in [-0.4, -0.2) is 9.97 Å². The second kappa shape index (κ2) is 5.28. The van der Waals surface area contributed by atoms with E-state index in [1.54, 1.807) is 0 Å². The molecule has 0 radical (unpaired) electrons. The van der Waals surface area contributed by atoms with E-state index >= 15 is 0 Å². The van der Waals surface area contributed by atoms with Crippen molar-refractivity contribution in [3.63, 3.8) is 0 Å². The minimum Gasteiger partial charge on any atom is -0.465 e. The number of rotatable bonds is 5. The number of imidazole rings is 1. The quantitative estimate of drug-likeness (QED) is 0.737. The van der Waals surface area contributed by atoms with E-state index in [1.165, 1.54) is 0 Å². The maximum Gasteiger partial charge on any atom is 0.121 e. The lowest BCUT2D eigenvalue weighted by Gasteiger charge is -1.99. The van der Waals surface area contributed by atoms with Crippen LogP contribution in [0.5, 0.6) is 0 Å². The summed E-state index contributed by atoms with van der Waals surface area (Å²) in [5.41, 5.74) is 2.08. The maximum absolute atomic E-state index is 5.64. The molecule has 0 unspecified atom stereocenters. The molecule has 0 aliphatic carbocycles. The van der Waals surface area contributed by atoms with Crippen LogP contribution >= 0.6 is 0 Å². The zero-order chi connectivity index (χ0) is 13.1. The molecule has 1 aromatic carbocycles. The fraction of sp³-hybridized carbons (Fsp3) is 0.267. The molecule has 2 aromatic heterocycles. The number of aryl methyl sites for hydroxylation is 1. The van der Waals surface area contributed by atoms with Gasteiger partial charge in [-0.2, -0.15) is 0 Å². The molecule has 2 N–H and O–H groups in total. The lowest BCUT2D eigenvalue weighted by Crippen LogP contribution is -2.13. The molecule has 0 saturated carbocycles. The van der Waals surface area contributed by atoms with Gasteiger partial charge in [0.2, 0.25) is 0 Å². The third-order valence-electron chi connectivity index (χ3n) is 3.10. The maximum atomic E-state index is 5.64. The number of nitrogens with one attached hydrogen (secondary N) is 2. The second-order valence-corrected chi connectivity index (χ2v) is 4.53. The average Bonchev–Trinajstić information content (AvgIpc) is 3.04. The molecule has 0 fully saturated rings. The smallest absolute Gasteiger partial charge is 0.121 e. The number of para-hydroxylation sites is 2. The number of aromatic nitrogens is 2. The van der Waals surface area contributed by atoms with Crippen LogP contribution in [0.3, 0.4) is 0 Å². The molecular weight excluding hydrogens is 238 g/mol. The molecule has 19 heavy (non-hydrogen) atoms. The predicted molar refractivity (Wildman–Crippen MR) is 74.7 cm³/mol. The van der Waals surface area contributed by atoms with E-state index in [0.29, 0.717) is 6.54 Å². The molecule has 4 nitrogen and oxygen atoms in total. The summed E-state index contributed by atoms with van der Waals surface area (Å²) in [5.74, 6) is 2.94. The molecule has 0 aliphatic rings. The van der Waals surface area contributed by atoms with Crippen LogP contribution in [-0.2, 0) is 19.5 Å². The fourth-order valence-electron chi connectivity index (χ4n) is 2.10. The van der Waals surface area contributed by atoms with Crippen molar-refractivity contribution < 1.29 is 4.42 Å². The lowest BCUT2D eigenvalue weighted by molar-refractivity contribution is 0.449. The fourth-order valence-corrected chi connectivity index (χ4v) is 2.10. The first-order chi connectivity index (χ1) is 9.35. The zero-order valence-corrected chi connectivity index (χ0v) is 10.9. The minimum atomic E-state index is 0.705. The van der Waals surface area contributed by atoms with Crippen LogP contribution in [0.15, 0.2) is 40.8 Å². The molecule has 0 atom stereocenters. The molecule has 3 aromatic rings. The Labute approximate surface area is 111 Å². The lowest BCUT2D eigenvalue weighted by atomic mass is 10.3. The Morgan fingerprint density at radius 2 is 1.95 bits per heavy atom. The average molecular weight is 255 g/mol. The number of hydrogen-bond donors (Lipinski definition) is 2. The van der Waals surface area contributed by atoms with Crippen LogP contribution in [0.25, 0.3) is 11.0 Å². The van der Waals surface area contributed by atoms with Gasteiger partial charge in [-0.25, -0.2) is 4.98 Å². The molecule has 0 bridgehead atoms. The van der Waals surface area contributed by atoms with Crippen LogP contribution in [0.2, 0.25) is 0 Å². The number of fused-ring (bicyclic) bond motifs is 1. The highest BCUT2D eigenvalue weighted by atomic mass is 16.3. The van der Waals surface area contributed by atoms with Crippen molar-refractivity contribution >= 4 is 11.0 Å². The number of H-pyrrole nitrogens is 1. The van der Waals surface area contributed by atoms with E-state index in [9.17, 15) is 0 Å². The summed E-state index contributed by atoms with van der Waals surface area (Å²) in [6.07, 6.45) is 0.934. The molecule has 98 valence electrons. The first kappa shape index (κ1) is 12.0. The van der Waals surface area contributed by atoms with Crippen molar-refractivity contribution in [2.75, 3.05) is 0 Å². The van der Waals surface area contributed by atoms with Crippen molar-refractivity contribution in [2.45, 2.75) is 26.4 Å². The van der Waals surface area contributed by atoms with Crippen molar-refractivity contribution in [2.24, 2.45) is 0 Å². The predicted octanol–water partition coefficient (Wildman–Crippen LogP) is 3.01. The number of benzene rings is 1. The highest BCUT2D eigenvalue weighted by Crippen LogP contribution is 2.11. The number of nitrogens with zero attached hydrogens (tertiary/aromatic N) is 1.